The van der Waals surface area contributed by atoms with Gasteiger partial charge in [0.2, 0.25) is 0 Å². The maximum atomic E-state index is 12.1. The minimum atomic E-state index is -0.361. The average molecular weight is 320 g/mol. The van der Waals surface area contributed by atoms with Crippen LogP contribution >= 0.6 is 12.4 Å². The number of hydrogen-bond acceptors (Lipinski definition) is 3. The number of aromatic amines is 1. The summed E-state index contributed by atoms with van der Waals surface area (Å²) in [6.45, 7) is 1.65. The Kier molecular flexibility index (Phi) is 5.35. The Bertz CT molecular complexity index is 694. The highest BCUT2D eigenvalue weighted by molar-refractivity contribution is 5.94. The molecular formula is C16H18ClN3O2. The van der Waals surface area contributed by atoms with Crippen molar-refractivity contribution in [1.29, 1.82) is 0 Å². The summed E-state index contributed by atoms with van der Waals surface area (Å²) in [7, 11) is 0. The van der Waals surface area contributed by atoms with Crippen molar-refractivity contribution in [3.8, 4) is 11.3 Å². The highest BCUT2D eigenvalue weighted by Gasteiger charge is 2.19. The number of halogens is 1. The number of H-pyrrole nitrogens is 1. The number of aromatic nitrogens is 1. The summed E-state index contributed by atoms with van der Waals surface area (Å²) in [5.74, 6) is -0.315. The van der Waals surface area contributed by atoms with E-state index in [4.69, 9.17) is 0 Å². The van der Waals surface area contributed by atoms with Crippen molar-refractivity contribution >= 4 is 18.3 Å². The molecule has 1 aromatic carbocycles. The standard InChI is InChI=1S/C16H17N3O2.ClH/c20-15(18-12-8-9-17-10-12)13-6-7-14(19-16(13)21)11-4-2-1-3-5-11;/h1-7,12,17H,8-10H2,(H,18,20)(H,19,21);1H. The Morgan fingerprint density at radius 1 is 1.14 bits per heavy atom. The molecule has 116 valence electrons. The first-order valence-electron chi connectivity index (χ1n) is 7.04. The van der Waals surface area contributed by atoms with E-state index in [-0.39, 0.29) is 35.5 Å². The number of hydrogen-bond donors (Lipinski definition) is 3. The van der Waals surface area contributed by atoms with Crippen molar-refractivity contribution in [3.63, 3.8) is 0 Å². The van der Waals surface area contributed by atoms with Gasteiger partial charge >= 0.3 is 0 Å². The molecule has 1 fully saturated rings. The lowest BCUT2D eigenvalue weighted by Gasteiger charge is -2.11. The minimum Gasteiger partial charge on any atom is -0.348 e. The van der Waals surface area contributed by atoms with Crippen LogP contribution in [0.4, 0.5) is 0 Å². The second-order valence-electron chi connectivity index (χ2n) is 5.14. The summed E-state index contributed by atoms with van der Waals surface area (Å²) < 4.78 is 0. The summed E-state index contributed by atoms with van der Waals surface area (Å²) in [5.41, 5.74) is 1.42. The molecule has 3 rings (SSSR count). The highest BCUT2D eigenvalue weighted by Crippen LogP contribution is 2.14. The molecule has 1 aromatic heterocycles. The quantitative estimate of drug-likeness (QED) is 0.803. The van der Waals surface area contributed by atoms with Crippen LogP contribution in [0.3, 0.4) is 0 Å². The van der Waals surface area contributed by atoms with E-state index in [1.807, 2.05) is 30.3 Å². The van der Waals surface area contributed by atoms with Gasteiger partial charge < -0.3 is 15.6 Å². The zero-order valence-corrected chi connectivity index (χ0v) is 12.8. The summed E-state index contributed by atoms with van der Waals surface area (Å²) >= 11 is 0. The van der Waals surface area contributed by atoms with Gasteiger partial charge in [-0.1, -0.05) is 30.3 Å². The summed E-state index contributed by atoms with van der Waals surface area (Å²) in [6.07, 6.45) is 0.895. The van der Waals surface area contributed by atoms with Gasteiger partial charge in [0, 0.05) is 18.3 Å². The van der Waals surface area contributed by atoms with Gasteiger partial charge in [-0.05, 0) is 30.7 Å². The lowest BCUT2D eigenvalue weighted by molar-refractivity contribution is 0.0938. The van der Waals surface area contributed by atoms with Crippen molar-refractivity contribution < 1.29 is 4.79 Å². The van der Waals surface area contributed by atoms with Gasteiger partial charge in [0.25, 0.3) is 11.5 Å². The Morgan fingerprint density at radius 3 is 2.55 bits per heavy atom. The van der Waals surface area contributed by atoms with Crippen LogP contribution in [0.2, 0.25) is 0 Å². The second kappa shape index (κ2) is 7.24. The van der Waals surface area contributed by atoms with E-state index < -0.39 is 0 Å². The van der Waals surface area contributed by atoms with Gasteiger partial charge in [0.05, 0.1) is 0 Å². The summed E-state index contributed by atoms with van der Waals surface area (Å²) in [6, 6.07) is 13.0. The van der Waals surface area contributed by atoms with Crippen molar-refractivity contribution in [2.75, 3.05) is 13.1 Å². The van der Waals surface area contributed by atoms with Gasteiger partial charge in [-0.15, -0.1) is 12.4 Å². The van der Waals surface area contributed by atoms with E-state index in [0.717, 1.165) is 25.1 Å². The normalized spacial score (nSPS) is 16.8. The molecule has 3 N–H and O–H groups in total. The van der Waals surface area contributed by atoms with Crippen LogP contribution in [0.25, 0.3) is 11.3 Å². The molecule has 0 aliphatic carbocycles. The van der Waals surface area contributed by atoms with Crippen molar-refractivity contribution in [3.05, 3.63) is 58.4 Å². The smallest absolute Gasteiger partial charge is 0.261 e. The first-order chi connectivity index (χ1) is 10.2. The fourth-order valence-electron chi connectivity index (χ4n) is 2.48. The lowest BCUT2D eigenvalue weighted by atomic mass is 10.1. The molecule has 1 aliphatic heterocycles. The van der Waals surface area contributed by atoms with Crippen molar-refractivity contribution in [2.24, 2.45) is 0 Å². The lowest BCUT2D eigenvalue weighted by Crippen LogP contribution is -2.38. The maximum absolute atomic E-state index is 12.1. The van der Waals surface area contributed by atoms with Gasteiger partial charge in [-0.3, -0.25) is 9.59 Å². The Balaban J connectivity index is 0.00000176. The zero-order chi connectivity index (χ0) is 14.7. The third-order valence-electron chi connectivity index (χ3n) is 3.63. The first-order valence-corrected chi connectivity index (χ1v) is 7.04. The Morgan fingerprint density at radius 2 is 1.91 bits per heavy atom. The highest BCUT2D eigenvalue weighted by atomic mass is 35.5. The van der Waals surface area contributed by atoms with Crippen LogP contribution in [-0.2, 0) is 0 Å². The van der Waals surface area contributed by atoms with Crippen LogP contribution < -0.4 is 16.2 Å². The van der Waals surface area contributed by atoms with E-state index in [1.54, 1.807) is 12.1 Å². The molecule has 0 saturated carbocycles. The number of carbonyl (C=O) groups excluding carboxylic acids is 1. The Labute approximate surface area is 134 Å². The average Bonchev–Trinajstić information content (AvgIpc) is 3.01. The number of rotatable bonds is 3. The summed E-state index contributed by atoms with van der Waals surface area (Å²) in [4.78, 5) is 27.0. The fourth-order valence-corrected chi connectivity index (χ4v) is 2.48. The van der Waals surface area contributed by atoms with E-state index >= 15 is 0 Å². The molecule has 1 unspecified atom stereocenters. The molecule has 5 nitrogen and oxygen atoms in total. The molecular weight excluding hydrogens is 302 g/mol. The number of benzene rings is 1. The molecule has 2 aromatic rings. The molecule has 0 bridgehead atoms. The second-order valence-corrected chi connectivity index (χ2v) is 5.14. The van der Waals surface area contributed by atoms with Crippen molar-refractivity contribution in [1.82, 2.24) is 15.6 Å². The summed E-state index contributed by atoms with van der Waals surface area (Å²) in [5, 5.41) is 6.05. The van der Waals surface area contributed by atoms with Gasteiger partial charge in [0.1, 0.15) is 5.56 Å². The molecule has 1 amide bonds. The topological polar surface area (TPSA) is 74.0 Å². The van der Waals surface area contributed by atoms with Crippen LogP contribution in [0.5, 0.6) is 0 Å². The van der Waals surface area contributed by atoms with Crippen LogP contribution in [0.1, 0.15) is 16.8 Å². The number of amides is 1. The molecule has 22 heavy (non-hydrogen) atoms. The third kappa shape index (κ3) is 3.55. The van der Waals surface area contributed by atoms with Gasteiger partial charge in [-0.25, -0.2) is 0 Å². The predicted molar refractivity (Wildman–Crippen MR) is 88.5 cm³/mol. The number of carbonyl (C=O) groups is 1. The molecule has 1 aliphatic rings. The van der Waals surface area contributed by atoms with Crippen LogP contribution in [0.15, 0.2) is 47.3 Å². The van der Waals surface area contributed by atoms with E-state index in [2.05, 4.69) is 15.6 Å². The van der Waals surface area contributed by atoms with Crippen molar-refractivity contribution in [2.45, 2.75) is 12.5 Å². The third-order valence-corrected chi connectivity index (χ3v) is 3.63. The van der Waals surface area contributed by atoms with E-state index in [1.165, 1.54) is 0 Å². The van der Waals surface area contributed by atoms with E-state index in [9.17, 15) is 9.59 Å². The molecule has 6 heteroatoms. The Hall–Kier alpha value is -2.11. The first kappa shape index (κ1) is 16.3. The zero-order valence-electron chi connectivity index (χ0n) is 12.0. The molecule has 1 atom stereocenters. The number of nitrogens with one attached hydrogen (secondary N) is 3. The molecule has 2 heterocycles. The molecule has 0 radical (unpaired) electrons. The SMILES string of the molecule is Cl.O=C(NC1CCNC1)c1ccc(-c2ccccc2)[nH]c1=O. The predicted octanol–water partition coefficient (Wildman–Crippen LogP) is 1.56. The van der Waals surface area contributed by atoms with E-state index in [0.29, 0.717) is 5.69 Å². The van der Waals surface area contributed by atoms with Gasteiger partial charge in [0.15, 0.2) is 0 Å². The van der Waals surface area contributed by atoms with Crippen LogP contribution in [-0.4, -0.2) is 30.0 Å². The maximum Gasteiger partial charge on any atom is 0.261 e. The molecule has 1 saturated heterocycles. The minimum absolute atomic E-state index is 0. The van der Waals surface area contributed by atoms with Crippen LogP contribution in [0, 0.1) is 0 Å². The van der Waals surface area contributed by atoms with Gasteiger partial charge in [-0.2, -0.15) is 0 Å². The molecule has 0 spiro atoms. The monoisotopic (exact) mass is 319 g/mol. The fraction of sp³-hybridized carbons (Fsp3) is 0.250. The number of pyridine rings is 1. The largest absolute Gasteiger partial charge is 0.348 e.